The van der Waals surface area contributed by atoms with Crippen LogP contribution in [0.1, 0.15) is 20.3 Å². The van der Waals surface area contributed by atoms with Crippen molar-refractivity contribution >= 4 is 39.1 Å². The Kier molecular flexibility index (Phi) is 5.08. The molecule has 0 fully saturated rings. The van der Waals surface area contributed by atoms with Gasteiger partial charge in [0, 0.05) is 31.4 Å². The molecule has 0 unspecified atom stereocenters. The summed E-state index contributed by atoms with van der Waals surface area (Å²) in [5.74, 6) is 0.703. The second-order valence-electron chi connectivity index (χ2n) is 3.70. The van der Waals surface area contributed by atoms with Gasteiger partial charge in [-0.05, 0) is 29.8 Å². The Labute approximate surface area is 109 Å². The number of nitrogens with zero attached hydrogens (tertiary/aromatic N) is 3. The van der Waals surface area contributed by atoms with Gasteiger partial charge in [-0.25, -0.2) is 9.97 Å². The van der Waals surface area contributed by atoms with Crippen LogP contribution in [-0.4, -0.2) is 27.5 Å². The molecule has 0 amide bonds. The van der Waals surface area contributed by atoms with Gasteiger partial charge in [0.2, 0.25) is 5.95 Å². The van der Waals surface area contributed by atoms with Crippen LogP contribution in [0, 0.1) is 0 Å². The van der Waals surface area contributed by atoms with Gasteiger partial charge in [-0.2, -0.15) is 0 Å². The average molecular weight is 303 g/mol. The van der Waals surface area contributed by atoms with Crippen LogP contribution in [0.2, 0.25) is 0 Å². The molecule has 1 aromatic heterocycles. The molecule has 1 aromatic rings. The zero-order valence-corrected chi connectivity index (χ0v) is 11.8. The van der Waals surface area contributed by atoms with E-state index in [2.05, 4.69) is 44.6 Å². The predicted octanol–water partition coefficient (Wildman–Crippen LogP) is 2.13. The van der Waals surface area contributed by atoms with Gasteiger partial charge >= 0.3 is 0 Å². The van der Waals surface area contributed by atoms with E-state index in [0.29, 0.717) is 23.4 Å². The molecular weight excluding hydrogens is 288 g/mol. The summed E-state index contributed by atoms with van der Waals surface area (Å²) in [5.41, 5.74) is 5.50. The fraction of sp³-hybridized carbons (Fsp3) is 0.500. The quantitative estimate of drug-likeness (QED) is 0.845. The highest BCUT2D eigenvalue weighted by atomic mass is 79.9. The van der Waals surface area contributed by atoms with Crippen molar-refractivity contribution in [3.05, 3.63) is 16.9 Å². The molecule has 2 N–H and O–H groups in total. The van der Waals surface area contributed by atoms with E-state index in [1.807, 2.05) is 0 Å². The molecular formula is C10H15BrN4S. The third-order valence-corrected chi connectivity index (χ3v) is 2.70. The van der Waals surface area contributed by atoms with E-state index in [0.717, 1.165) is 11.0 Å². The van der Waals surface area contributed by atoms with Gasteiger partial charge in [-0.15, -0.1) is 0 Å². The Morgan fingerprint density at radius 1 is 1.50 bits per heavy atom. The first kappa shape index (κ1) is 13.3. The van der Waals surface area contributed by atoms with E-state index in [1.165, 1.54) is 0 Å². The van der Waals surface area contributed by atoms with Crippen LogP contribution in [0.15, 0.2) is 16.9 Å². The Morgan fingerprint density at radius 2 is 2.06 bits per heavy atom. The standard InChI is InChI=1S/C10H15BrN4S/c1-7(2)15(4-3-9(12)16)10-13-5-8(11)6-14-10/h5-7H,3-4H2,1-2H3,(H2,12,16). The number of thiocarbonyl (C=S) groups is 1. The highest BCUT2D eigenvalue weighted by Gasteiger charge is 2.13. The van der Waals surface area contributed by atoms with Crippen LogP contribution >= 0.6 is 28.1 Å². The monoisotopic (exact) mass is 302 g/mol. The van der Waals surface area contributed by atoms with Gasteiger partial charge in [-0.3, -0.25) is 0 Å². The van der Waals surface area contributed by atoms with Crippen LogP contribution < -0.4 is 10.6 Å². The minimum atomic E-state index is 0.315. The summed E-state index contributed by atoms with van der Waals surface area (Å²) in [5, 5.41) is 0. The van der Waals surface area contributed by atoms with E-state index in [4.69, 9.17) is 18.0 Å². The van der Waals surface area contributed by atoms with Gasteiger partial charge in [0.1, 0.15) is 0 Å². The van der Waals surface area contributed by atoms with Crippen LogP contribution in [-0.2, 0) is 0 Å². The summed E-state index contributed by atoms with van der Waals surface area (Å²) in [6.07, 6.45) is 4.14. The van der Waals surface area contributed by atoms with Crippen LogP contribution in [0.3, 0.4) is 0 Å². The maximum Gasteiger partial charge on any atom is 0.225 e. The van der Waals surface area contributed by atoms with Crippen LogP contribution in [0.5, 0.6) is 0 Å². The van der Waals surface area contributed by atoms with E-state index < -0.39 is 0 Å². The number of aromatic nitrogens is 2. The van der Waals surface area contributed by atoms with Gasteiger partial charge in [0.25, 0.3) is 0 Å². The number of rotatable bonds is 5. The third kappa shape index (κ3) is 4.02. The van der Waals surface area contributed by atoms with Crippen molar-refractivity contribution in [1.29, 1.82) is 0 Å². The molecule has 0 saturated carbocycles. The maximum atomic E-state index is 5.50. The SMILES string of the molecule is CC(C)N(CCC(N)=S)c1ncc(Br)cn1. The highest BCUT2D eigenvalue weighted by Crippen LogP contribution is 2.13. The lowest BCUT2D eigenvalue weighted by molar-refractivity contribution is 0.669. The summed E-state index contributed by atoms with van der Waals surface area (Å²) < 4.78 is 0.870. The Morgan fingerprint density at radius 3 is 2.50 bits per heavy atom. The lowest BCUT2D eigenvalue weighted by Crippen LogP contribution is -2.34. The van der Waals surface area contributed by atoms with Crippen molar-refractivity contribution in [3.63, 3.8) is 0 Å². The number of nitrogens with two attached hydrogens (primary N) is 1. The number of hydrogen-bond donors (Lipinski definition) is 1. The molecule has 1 rings (SSSR count). The molecule has 4 nitrogen and oxygen atoms in total. The molecule has 0 aliphatic heterocycles. The van der Waals surface area contributed by atoms with Crippen LogP contribution in [0.4, 0.5) is 5.95 Å². The molecule has 0 spiro atoms. The Hall–Kier alpha value is -0.750. The summed E-state index contributed by atoms with van der Waals surface area (Å²) in [6.45, 7) is 4.92. The van der Waals surface area contributed by atoms with Crippen molar-refractivity contribution in [2.75, 3.05) is 11.4 Å². The fourth-order valence-electron chi connectivity index (χ4n) is 1.27. The molecule has 88 valence electrons. The van der Waals surface area contributed by atoms with Gasteiger partial charge in [0.05, 0.1) is 9.46 Å². The van der Waals surface area contributed by atoms with E-state index in [-0.39, 0.29) is 0 Å². The first-order chi connectivity index (χ1) is 7.50. The topological polar surface area (TPSA) is 55.0 Å². The smallest absolute Gasteiger partial charge is 0.225 e. The molecule has 0 bridgehead atoms. The fourth-order valence-corrected chi connectivity index (χ4v) is 1.57. The first-order valence-corrected chi connectivity index (χ1v) is 6.23. The number of hydrogen-bond acceptors (Lipinski definition) is 4. The average Bonchev–Trinajstić information content (AvgIpc) is 2.20. The zero-order chi connectivity index (χ0) is 12.1. The van der Waals surface area contributed by atoms with Crippen molar-refractivity contribution < 1.29 is 0 Å². The lowest BCUT2D eigenvalue weighted by Gasteiger charge is -2.26. The highest BCUT2D eigenvalue weighted by molar-refractivity contribution is 9.10. The Balaban J connectivity index is 2.77. The van der Waals surface area contributed by atoms with Crippen molar-refractivity contribution in [2.45, 2.75) is 26.3 Å². The van der Waals surface area contributed by atoms with Gasteiger partial charge in [-0.1, -0.05) is 12.2 Å². The van der Waals surface area contributed by atoms with E-state index in [1.54, 1.807) is 12.4 Å². The summed E-state index contributed by atoms with van der Waals surface area (Å²) >= 11 is 8.18. The molecule has 0 aliphatic carbocycles. The lowest BCUT2D eigenvalue weighted by atomic mass is 10.3. The maximum absolute atomic E-state index is 5.50. The molecule has 1 heterocycles. The third-order valence-electron chi connectivity index (χ3n) is 2.09. The summed E-state index contributed by atoms with van der Waals surface area (Å²) in [7, 11) is 0. The molecule has 0 radical (unpaired) electrons. The summed E-state index contributed by atoms with van der Waals surface area (Å²) in [4.78, 5) is 11.1. The van der Waals surface area contributed by atoms with Crippen molar-refractivity contribution in [1.82, 2.24) is 9.97 Å². The Bertz CT molecular complexity index is 352. The van der Waals surface area contributed by atoms with E-state index in [9.17, 15) is 0 Å². The van der Waals surface area contributed by atoms with Gasteiger partial charge < -0.3 is 10.6 Å². The normalized spacial score (nSPS) is 10.5. The molecule has 0 saturated heterocycles. The number of anilines is 1. The first-order valence-electron chi connectivity index (χ1n) is 5.03. The zero-order valence-electron chi connectivity index (χ0n) is 9.35. The summed E-state index contributed by atoms with van der Waals surface area (Å²) in [6, 6.07) is 0.315. The van der Waals surface area contributed by atoms with E-state index >= 15 is 0 Å². The second-order valence-corrected chi connectivity index (χ2v) is 5.14. The second kappa shape index (κ2) is 6.10. The molecule has 16 heavy (non-hydrogen) atoms. The molecule has 0 aliphatic rings. The number of halogens is 1. The van der Waals surface area contributed by atoms with Crippen molar-refractivity contribution in [3.8, 4) is 0 Å². The molecule has 0 atom stereocenters. The minimum Gasteiger partial charge on any atom is -0.393 e. The molecule has 0 aromatic carbocycles. The largest absolute Gasteiger partial charge is 0.393 e. The van der Waals surface area contributed by atoms with Crippen LogP contribution in [0.25, 0.3) is 0 Å². The predicted molar refractivity (Wildman–Crippen MR) is 73.6 cm³/mol. The molecule has 6 heteroatoms. The minimum absolute atomic E-state index is 0.315. The van der Waals surface area contributed by atoms with Crippen molar-refractivity contribution in [2.24, 2.45) is 5.73 Å². The van der Waals surface area contributed by atoms with Gasteiger partial charge in [0.15, 0.2) is 0 Å².